The van der Waals surface area contributed by atoms with Crippen molar-refractivity contribution in [3.63, 3.8) is 0 Å². The average molecular weight is 347 g/mol. The molecule has 1 aromatic carbocycles. The fourth-order valence-electron chi connectivity index (χ4n) is 2.50. The van der Waals surface area contributed by atoms with Crippen molar-refractivity contribution in [2.75, 3.05) is 20.2 Å². The summed E-state index contributed by atoms with van der Waals surface area (Å²) in [6.45, 7) is 0.923. The lowest BCUT2D eigenvalue weighted by molar-refractivity contribution is 0.0572. The summed E-state index contributed by atoms with van der Waals surface area (Å²) in [5, 5.41) is 0. The molecule has 2 heterocycles. The van der Waals surface area contributed by atoms with E-state index in [2.05, 4.69) is 4.98 Å². The quantitative estimate of drug-likeness (QED) is 0.857. The van der Waals surface area contributed by atoms with Crippen LogP contribution in [0.5, 0.6) is 0 Å². The fraction of sp³-hybridized carbons (Fsp3) is 0.462. The van der Waals surface area contributed by atoms with Gasteiger partial charge in [-0.2, -0.15) is 4.31 Å². The van der Waals surface area contributed by atoms with Gasteiger partial charge in [-0.3, -0.25) is 0 Å². The number of thiazole rings is 1. The van der Waals surface area contributed by atoms with Crippen molar-refractivity contribution in [3.05, 3.63) is 22.7 Å². The summed E-state index contributed by atoms with van der Waals surface area (Å²) >= 11 is 7.20. The molecule has 1 aliphatic heterocycles. The summed E-state index contributed by atoms with van der Waals surface area (Å²) in [7, 11) is -1.90. The molecule has 0 amide bonds. The molecular formula is C13H15ClN2O3S2. The number of piperidine rings is 1. The van der Waals surface area contributed by atoms with Crippen LogP contribution in [0.2, 0.25) is 4.47 Å². The minimum absolute atomic E-state index is 0.0361. The van der Waals surface area contributed by atoms with E-state index in [-0.39, 0.29) is 11.0 Å². The van der Waals surface area contributed by atoms with Gasteiger partial charge in [0.05, 0.1) is 21.2 Å². The van der Waals surface area contributed by atoms with E-state index in [1.54, 1.807) is 25.3 Å². The number of ether oxygens (including phenoxy) is 1. The van der Waals surface area contributed by atoms with Crippen LogP contribution >= 0.6 is 22.9 Å². The van der Waals surface area contributed by atoms with E-state index >= 15 is 0 Å². The minimum Gasteiger partial charge on any atom is -0.380 e. The van der Waals surface area contributed by atoms with Crippen molar-refractivity contribution in [1.29, 1.82) is 0 Å². The molecule has 5 nitrogen and oxygen atoms in total. The molecule has 1 saturated heterocycles. The second kappa shape index (κ2) is 5.81. The largest absolute Gasteiger partial charge is 0.380 e. The highest BCUT2D eigenvalue weighted by molar-refractivity contribution is 7.89. The smallest absolute Gasteiger partial charge is 0.243 e. The second-order valence-electron chi connectivity index (χ2n) is 4.96. The van der Waals surface area contributed by atoms with Crippen LogP contribution in [0, 0.1) is 0 Å². The Hall–Kier alpha value is -0.730. The van der Waals surface area contributed by atoms with Gasteiger partial charge in [-0.25, -0.2) is 13.4 Å². The highest BCUT2D eigenvalue weighted by atomic mass is 35.5. The van der Waals surface area contributed by atoms with Crippen LogP contribution < -0.4 is 0 Å². The molecule has 2 aromatic rings. The lowest BCUT2D eigenvalue weighted by Gasteiger charge is -2.31. The van der Waals surface area contributed by atoms with Crippen LogP contribution in [-0.4, -0.2) is 44.0 Å². The summed E-state index contributed by atoms with van der Waals surface area (Å²) in [5.41, 5.74) is 0.617. The van der Waals surface area contributed by atoms with Gasteiger partial charge in [0.25, 0.3) is 0 Å². The fourth-order valence-corrected chi connectivity index (χ4v) is 5.05. The number of nitrogens with zero attached hydrogens (tertiary/aromatic N) is 2. The first-order valence-electron chi connectivity index (χ1n) is 6.60. The van der Waals surface area contributed by atoms with Crippen molar-refractivity contribution in [2.45, 2.75) is 23.8 Å². The zero-order chi connectivity index (χ0) is 15.0. The molecule has 21 heavy (non-hydrogen) atoms. The van der Waals surface area contributed by atoms with Crippen molar-refractivity contribution in [1.82, 2.24) is 9.29 Å². The summed E-state index contributed by atoms with van der Waals surface area (Å²) in [5.74, 6) is 0. The molecule has 0 aliphatic carbocycles. The first-order valence-corrected chi connectivity index (χ1v) is 9.23. The molecular weight excluding hydrogens is 332 g/mol. The zero-order valence-corrected chi connectivity index (χ0v) is 13.8. The maximum atomic E-state index is 12.7. The Morgan fingerprint density at radius 2 is 2.29 bits per heavy atom. The highest BCUT2D eigenvalue weighted by Crippen LogP contribution is 2.29. The van der Waals surface area contributed by atoms with Gasteiger partial charge in [0.15, 0.2) is 4.47 Å². The van der Waals surface area contributed by atoms with E-state index in [0.717, 1.165) is 17.5 Å². The van der Waals surface area contributed by atoms with Gasteiger partial charge in [0.2, 0.25) is 10.0 Å². The molecule has 8 heteroatoms. The summed E-state index contributed by atoms with van der Waals surface area (Å²) < 4.78 is 33.5. The third-order valence-electron chi connectivity index (χ3n) is 3.64. The van der Waals surface area contributed by atoms with Crippen LogP contribution in [0.15, 0.2) is 23.1 Å². The lowest BCUT2D eigenvalue weighted by atomic mass is 10.1. The Kier molecular flexibility index (Phi) is 4.20. The van der Waals surface area contributed by atoms with Gasteiger partial charge in [-0.15, -0.1) is 11.3 Å². The molecule has 0 bridgehead atoms. The molecule has 0 saturated carbocycles. The van der Waals surface area contributed by atoms with Gasteiger partial charge >= 0.3 is 0 Å². The normalized spacial score (nSPS) is 21.0. The Balaban J connectivity index is 1.95. The number of fused-ring (bicyclic) bond motifs is 1. The van der Waals surface area contributed by atoms with Crippen molar-refractivity contribution < 1.29 is 13.2 Å². The Morgan fingerprint density at radius 1 is 1.48 bits per heavy atom. The van der Waals surface area contributed by atoms with E-state index < -0.39 is 10.0 Å². The monoisotopic (exact) mass is 346 g/mol. The van der Waals surface area contributed by atoms with Crippen molar-refractivity contribution in [3.8, 4) is 0 Å². The number of benzene rings is 1. The summed E-state index contributed by atoms with van der Waals surface area (Å²) in [4.78, 5) is 4.40. The number of hydrogen-bond donors (Lipinski definition) is 0. The molecule has 1 aliphatic rings. The van der Waals surface area contributed by atoms with Gasteiger partial charge in [-0.05, 0) is 31.0 Å². The maximum absolute atomic E-state index is 12.7. The third-order valence-corrected chi connectivity index (χ3v) is 6.65. The van der Waals surface area contributed by atoms with E-state index in [9.17, 15) is 8.42 Å². The van der Waals surface area contributed by atoms with Crippen LogP contribution in [0.4, 0.5) is 0 Å². The summed E-state index contributed by atoms with van der Waals surface area (Å²) in [6, 6.07) is 4.95. The molecule has 0 spiro atoms. The van der Waals surface area contributed by atoms with Crippen LogP contribution in [-0.2, 0) is 14.8 Å². The number of sulfonamides is 1. The molecule has 1 unspecified atom stereocenters. The number of methoxy groups -OCH3 is 1. The second-order valence-corrected chi connectivity index (χ2v) is 8.51. The van der Waals surface area contributed by atoms with Crippen LogP contribution in [0.25, 0.3) is 10.2 Å². The van der Waals surface area contributed by atoms with Gasteiger partial charge in [-0.1, -0.05) is 11.6 Å². The number of rotatable bonds is 3. The number of aromatic nitrogens is 1. The van der Waals surface area contributed by atoms with E-state index in [1.165, 1.54) is 15.6 Å². The van der Waals surface area contributed by atoms with E-state index in [4.69, 9.17) is 16.3 Å². The van der Waals surface area contributed by atoms with Crippen molar-refractivity contribution in [2.24, 2.45) is 0 Å². The topological polar surface area (TPSA) is 59.5 Å². The molecule has 0 N–H and O–H groups in total. The van der Waals surface area contributed by atoms with E-state index in [1.807, 2.05) is 0 Å². The molecule has 3 rings (SSSR count). The Bertz CT molecular complexity index is 760. The molecule has 114 valence electrons. The standard InChI is InChI=1S/C13H15ClN2O3S2/c1-19-9-3-2-6-16(8-9)21(17,18)10-4-5-12-11(7-10)15-13(14)20-12/h4-5,7,9H,2-3,6,8H2,1H3. The predicted molar refractivity (Wildman–Crippen MR) is 83.4 cm³/mol. The number of halogens is 1. The summed E-state index contributed by atoms with van der Waals surface area (Å²) in [6.07, 6.45) is 1.66. The first-order chi connectivity index (χ1) is 10.0. The molecule has 0 radical (unpaired) electrons. The molecule has 1 atom stereocenters. The highest BCUT2D eigenvalue weighted by Gasteiger charge is 2.30. The average Bonchev–Trinajstić information content (AvgIpc) is 2.86. The SMILES string of the molecule is COC1CCCN(S(=O)(=O)c2ccc3sc(Cl)nc3c2)C1. The van der Waals surface area contributed by atoms with Gasteiger partial charge in [0.1, 0.15) is 0 Å². The van der Waals surface area contributed by atoms with Crippen molar-refractivity contribution >= 4 is 43.2 Å². The first kappa shape index (κ1) is 15.2. The minimum atomic E-state index is -3.51. The van der Waals surface area contributed by atoms with Crippen LogP contribution in [0.1, 0.15) is 12.8 Å². The third kappa shape index (κ3) is 2.93. The molecule has 1 fully saturated rings. The van der Waals surface area contributed by atoms with Gasteiger partial charge < -0.3 is 4.74 Å². The maximum Gasteiger partial charge on any atom is 0.243 e. The Labute approximate surface area is 132 Å². The van der Waals surface area contributed by atoms with Crippen LogP contribution in [0.3, 0.4) is 0 Å². The molecule has 1 aromatic heterocycles. The predicted octanol–water partition coefficient (Wildman–Crippen LogP) is 2.75. The van der Waals surface area contributed by atoms with Gasteiger partial charge in [0, 0.05) is 20.2 Å². The zero-order valence-electron chi connectivity index (χ0n) is 11.5. The number of hydrogen-bond acceptors (Lipinski definition) is 5. The Morgan fingerprint density at radius 3 is 3.05 bits per heavy atom. The van der Waals surface area contributed by atoms with E-state index in [0.29, 0.717) is 23.1 Å². The lowest BCUT2D eigenvalue weighted by Crippen LogP contribution is -2.42.